The molecule has 0 atom stereocenters. The molecule has 1 rings (SSSR count). The maximum atomic E-state index is 12.6. The largest absolute Gasteiger partial charge is 0.480 e. The van der Waals surface area contributed by atoms with Crippen LogP contribution in [-0.4, -0.2) is 34.5 Å². The van der Waals surface area contributed by atoms with Crippen LogP contribution in [-0.2, 0) is 4.79 Å². The normalized spacial score (nSPS) is 11.5. The van der Waals surface area contributed by atoms with Crippen LogP contribution in [0.3, 0.4) is 0 Å². The van der Waals surface area contributed by atoms with Gasteiger partial charge in [0.1, 0.15) is 5.54 Å². The Morgan fingerprint density at radius 1 is 1.32 bits per heavy atom. The molecule has 1 aromatic rings. The maximum absolute atomic E-state index is 12.6. The number of halogens is 2. The van der Waals surface area contributed by atoms with E-state index in [-0.39, 0.29) is 11.1 Å². The van der Waals surface area contributed by atoms with Crippen LogP contribution in [0.25, 0.3) is 0 Å². The van der Waals surface area contributed by atoms with Gasteiger partial charge in [0.05, 0.1) is 0 Å². The lowest BCUT2D eigenvalue weighted by atomic mass is 10.0. The third-order valence-electron chi connectivity index (χ3n) is 3.05. The highest BCUT2D eigenvalue weighted by Gasteiger charge is 2.35. The predicted molar refractivity (Wildman–Crippen MR) is 65.2 cm³/mol. The van der Waals surface area contributed by atoms with Crippen LogP contribution in [0.5, 0.6) is 0 Å². The Morgan fingerprint density at radius 2 is 1.89 bits per heavy atom. The topological polar surface area (TPSA) is 57.6 Å². The zero-order valence-corrected chi connectivity index (χ0v) is 10.9. The Hall–Kier alpha value is -1.98. The van der Waals surface area contributed by atoms with Gasteiger partial charge in [0, 0.05) is 18.2 Å². The number of likely N-dealkylation sites (N-methyl/N-ethyl adjacent to an activating group) is 1. The van der Waals surface area contributed by atoms with Crippen molar-refractivity contribution in [3.8, 4) is 0 Å². The average Bonchev–Trinajstić information content (AvgIpc) is 2.36. The van der Waals surface area contributed by atoms with Crippen molar-refractivity contribution in [3.63, 3.8) is 0 Å². The van der Waals surface area contributed by atoms with Crippen molar-refractivity contribution in [1.82, 2.24) is 4.90 Å². The van der Waals surface area contributed by atoms with Crippen LogP contribution in [0, 0.1) is 0 Å². The van der Waals surface area contributed by atoms with Gasteiger partial charge >= 0.3 is 5.97 Å². The number of aliphatic carboxylic acids is 1. The van der Waals surface area contributed by atoms with E-state index in [2.05, 4.69) is 0 Å². The Balaban J connectivity index is 3.07. The molecule has 1 amide bonds. The van der Waals surface area contributed by atoms with Crippen LogP contribution in [0.2, 0.25) is 0 Å². The molecule has 0 saturated heterocycles. The van der Waals surface area contributed by atoms with Gasteiger partial charge in [-0.2, -0.15) is 0 Å². The Kier molecular flexibility index (Phi) is 4.24. The molecule has 6 heteroatoms. The molecule has 0 spiro atoms. The van der Waals surface area contributed by atoms with Gasteiger partial charge in [-0.15, -0.1) is 0 Å². The van der Waals surface area contributed by atoms with Gasteiger partial charge < -0.3 is 10.0 Å². The van der Waals surface area contributed by atoms with Crippen molar-refractivity contribution < 1.29 is 23.5 Å². The zero-order chi connectivity index (χ0) is 14.8. The average molecular weight is 271 g/mol. The van der Waals surface area contributed by atoms with E-state index >= 15 is 0 Å². The quantitative estimate of drug-likeness (QED) is 0.915. The van der Waals surface area contributed by atoms with E-state index in [0.717, 1.165) is 11.0 Å². The standard InChI is InChI=1S/C13H15F2NO3/c1-13(2,12(18)19)16(3)11(17)9-6-4-5-8(7-9)10(14)15/h4-7,10H,1-3H3,(H,18,19). The summed E-state index contributed by atoms with van der Waals surface area (Å²) in [6, 6.07) is 5.00. The Bertz CT molecular complexity index is 500. The first-order valence-electron chi connectivity index (χ1n) is 5.57. The minimum atomic E-state index is -2.68. The van der Waals surface area contributed by atoms with Crippen LogP contribution in [0.1, 0.15) is 36.2 Å². The Labute approximate surface area is 109 Å². The SMILES string of the molecule is CN(C(=O)c1cccc(C(F)F)c1)C(C)(C)C(=O)O. The molecule has 0 radical (unpaired) electrons. The smallest absolute Gasteiger partial charge is 0.329 e. The number of hydrogen-bond acceptors (Lipinski definition) is 2. The highest BCUT2D eigenvalue weighted by molar-refractivity contribution is 5.97. The van der Waals surface area contributed by atoms with Gasteiger partial charge in [-0.05, 0) is 26.0 Å². The first kappa shape index (κ1) is 15.1. The lowest BCUT2D eigenvalue weighted by Gasteiger charge is -2.31. The minimum Gasteiger partial charge on any atom is -0.480 e. The minimum absolute atomic E-state index is 0.0367. The summed E-state index contributed by atoms with van der Waals surface area (Å²) in [5.41, 5.74) is -1.65. The molecule has 104 valence electrons. The van der Waals surface area contributed by atoms with Crippen molar-refractivity contribution in [2.24, 2.45) is 0 Å². The van der Waals surface area contributed by atoms with Gasteiger partial charge in [-0.25, -0.2) is 13.6 Å². The number of nitrogens with zero attached hydrogens (tertiary/aromatic N) is 1. The number of carbonyl (C=O) groups excluding carboxylic acids is 1. The second-order valence-electron chi connectivity index (χ2n) is 4.65. The lowest BCUT2D eigenvalue weighted by molar-refractivity contribution is -0.147. The highest BCUT2D eigenvalue weighted by atomic mass is 19.3. The summed E-state index contributed by atoms with van der Waals surface area (Å²) < 4.78 is 25.1. The molecular formula is C13H15F2NO3. The van der Waals surface area contributed by atoms with Crippen LogP contribution in [0.4, 0.5) is 8.78 Å². The third kappa shape index (κ3) is 3.07. The van der Waals surface area contributed by atoms with Crippen molar-refractivity contribution in [2.75, 3.05) is 7.05 Å². The second kappa shape index (κ2) is 5.34. The Morgan fingerprint density at radius 3 is 2.37 bits per heavy atom. The van der Waals surface area contributed by atoms with E-state index in [9.17, 15) is 18.4 Å². The molecule has 0 unspecified atom stereocenters. The van der Waals surface area contributed by atoms with Gasteiger partial charge in [0.2, 0.25) is 0 Å². The molecule has 0 fully saturated rings. The fourth-order valence-electron chi connectivity index (χ4n) is 1.40. The van der Waals surface area contributed by atoms with E-state index in [1.54, 1.807) is 0 Å². The number of alkyl halides is 2. The van der Waals surface area contributed by atoms with Gasteiger partial charge in [0.15, 0.2) is 0 Å². The van der Waals surface area contributed by atoms with E-state index < -0.39 is 23.8 Å². The molecular weight excluding hydrogens is 256 g/mol. The first-order chi connectivity index (χ1) is 8.67. The summed E-state index contributed by atoms with van der Waals surface area (Å²) in [6.07, 6.45) is -2.68. The second-order valence-corrected chi connectivity index (χ2v) is 4.65. The number of rotatable bonds is 4. The molecule has 19 heavy (non-hydrogen) atoms. The van der Waals surface area contributed by atoms with E-state index in [0.29, 0.717) is 0 Å². The van der Waals surface area contributed by atoms with E-state index in [4.69, 9.17) is 5.11 Å². The molecule has 1 N–H and O–H groups in total. The van der Waals surface area contributed by atoms with E-state index in [1.165, 1.54) is 39.1 Å². The summed E-state index contributed by atoms with van der Waals surface area (Å²) >= 11 is 0. The third-order valence-corrected chi connectivity index (χ3v) is 3.05. The summed E-state index contributed by atoms with van der Waals surface area (Å²) in [5.74, 6) is -1.79. The van der Waals surface area contributed by atoms with Crippen molar-refractivity contribution >= 4 is 11.9 Å². The highest BCUT2D eigenvalue weighted by Crippen LogP contribution is 2.22. The van der Waals surface area contributed by atoms with Crippen LogP contribution >= 0.6 is 0 Å². The fourth-order valence-corrected chi connectivity index (χ4v) is 1.40. The number of carboxylic acid groups (broad SMARTS) is 1. The molecule has 0 aromatic heterocycles. The molecule has 0 aliphatic carbocycles. The zero-order valence-electron chi connectivity index (χ0n) is 10.9. The summed E-state index contributed by atoms with van der Waals surface area (Å²) in [4.78, 5) is 24.2. The molecule has 0 aliphatic heterocycles. The van der Waals surface area contributed by atoms with Gasteiger partial charge in [-0.3, -0.25) is 4.79 Å². The number of hydrogen-bond donors (Lipinski definition) is 1. The molecule has 0 heterocycles. The van der Waals surface area contributed by atoms with Crippen molar-refractivity contribution in [3.05, 3.63) is 35.4 Å². The monoisotopic (exact) mass is 271 g/mol. The number of carboxylic acids is 1. The van der Waals surface area contributed by atoms with Crippen molar-refractivity contribution in [2.45, 2.75) is 25.8 Å². The number of carbonyl (C=O) groups is 2. The summed E-state index contributed by atoms with van der Waals surface area (Å²) in [5, 5.41) is 9.04. The first-order valence-corrected chi connectivity index (χ1v) is 5.57. The van der Waals surface area contributed by atoms with Crippen molar-refractivity contribution in [1.29, 1.82) is 0 Å². The predicted octanol–water partition coefficient (Wildman–Crippen LogP) is 2.56. The maximum Gasteiger partial charge on any atom is 0.329 e. The fraction of sp³-hybridized carbons (Fsp3) is 0.385. The molecule has 0 bridgehead atoms. The summed E-state index contributed by atoms with van der Waals surface area (Å²) in [6.45, 7) is 2.73. The van der Waals surface area contributed by atoms with Gasteiger partial charge in [-0.1, -0.05) is 12.1 Å². The number of amides is 1. The molecule has 0 saturated carbocycles. The van der Waals surface area contributed by atoms with Gasteiger partial charge in [0.25, 0.3) is 12.3 Å². The molecule has 4 nitrogen and oxygen atoms in total. The van der Waals surface area contributed by atoms with Crippen LogP contribution in [0.15, 0.2) is 24.3 Å². The van der Waals surface area contributed by atoms with Crippen LogP contribution < -0.4 is 0 Å². The lowest BCUT2D eigenvalue weighted by Crippen LogP contribution is -2.50. The number of benzene rings is 1. The van der Waals surface area contributed by atoms with E-state index in [1.807, 2.05) is 0 Å². The summed E-state index contributed by atoms with van der Waals surface area (Å²) in [7, 11) is 1.32. The molecule has 1 aromatic carbocycles. The molecule has 0 aliphatic rings.